The first-order chi connectivity index (χ1) is 15.6. The minimum atomic E-state index is -0.490. The number of benzene rings is 2. The third kappa shape index (κ3) is 4.00. The number of rotatable bonds is 8. The second kappa shape index (κ2) is 8.54. The van der Waals surface area contributed by atoms with E-state index in [1.54, 1.807) is 11.0 Å². The molecule has 1 atom stereocenters. The zero-order valence-corrected chi connectivity index (χ0v) is 18.0. The zero-order chi connectivity index (χ0) is 22.1. The summed E-state index contributed by atoms with van der Waals surface area (Å²) < 4.78 is 5.98. The van der Waals surface area contributed by atoms with E-state index in [1.807, 2.05) is 59.5 Å². The zero-order valence-electron chi connectivity index (χ0n) is 18.0. The maximum absolute atomic E-state index is 13.4. The average Bonchev–Trinajstić information content (AvgIpc) is 3.58. The second-order valence-electron chi connectivity index (χ2n) is 8.62. The van der Waals surface area contributed by atoms with Crippen molar-refractivity contribution >= 4 is 11.9 Å². The minimum Gasteiger partial charge on any atom is -0.489 e. The first-order valence-electron chi connectivity index (χ1n) is 11.1. The molecule has 0 saturated heterocycles. The van der Waals surface area contributed by atoms with Gasteiger partial charge in [-0.05, 0) is 42.0 Å². The number of urea groups is 1. The van der Waals surface area contributed by atoms with E-state index in [2.05, 4.69) is 11.9 Å². The number of nitrogens with zero attached hydrogens (tertiary/aromatic N) is 2. The first kappa shape index (κ1) is 20.4. The van der Waals surface area contributed by atoms with E-state index >= 15 is 0 Å². The van der Waals surface area contributed by atoms with E-state index in [0.717, 1.165) is 23.4 Å². The number of hydrogen-bond donors (Lipinski definition) is 1. The molecule has 1 fully saturated rings. The fourth-order valence-electron chi connectivity index (χ4n) is 4.41. The van der Waals surface area contributed by atoms with Crippen LogP contribution in [0.15, 0.2) is 78.5 Å². The molecule has 2 aliphatic heterocycles. The molecule has 3 amide bonds. The molecule has 1 aliphatic carbocycles. The van der Waals surface area contributed by atoms with Gasteiger partial charge in [0.2, 0.25) is 0 Å². The smallest absolute Gasteiger partial charge is 0.322 e. The Morgan fingerprint density at radius 1 is 1.09 bits per heavy atom. The molecule has 0 unspecified atom stereocenters. The lowest BCUT2D eigenvalue weighted by molar-refractivity contribution is -0.126. The standard InChI is InChI=1S/C26H27N3O3/c1-2-13-29-22-16-28(15-18-11-12-18)25(30)23(22)24(27-26(29)31)20-9-6-10-21(14-20)32-17-19-7-4-3-5-8-19/h2-10,14,18,24H,1,11-13,15-17H2,(H,27,31)/t24-/m1/s1. The summed E-state index contributed by atoms with van der Waals surface area (Å²) in [7, 11) is 0. The van der Waals surface area contributed by atoms with Crippen LogP contribution in [-0.4, -0.2) is 41.4 Å². The van der Waals surface area contributed by atoms with Crippen LogP contribution in [0.5, 0.6) is 5.75 Å². The highest BCUT2D eigenvalue weighted by atomic mass is 16.5. The quantitative estimate of drug-likeness (QED) is 0.645. The number of carbonyl (C=O) groups is 2. The summed E-state index contributed by atoms with van der Waals surface area (Å²) in [5.74, 6) is 1.31. The van der Waals surface area contributed by atoms with Crippen LogP contribution < -0.4 is 10.1 Å². The van der Waals surface area contributed by atoms with Crippen LogP contribution in [0.2, 0.25) is 0 Å². The van der Waals surface area contributed by atoms with E-state index in [9.17, 15) is 9.59 Å². The molecule has 5 rings (SSSR count). The van der Waals surface area contributed by atoms with Crippen molar-refractivity contribution in [3.63, 3.8) is 0 Å². The third-order valence-corrected chi connectivity index (χ3v) is 6.22. The molecular formula is C26H27N3O3. The van der Waals surface area contributed by atoms with Gasteiger partial charge in [0.25, 0.3) is 5.91 Å². The fourth-order valence-corrected chi connectivity index (χ4v) is 4.41. The minimum absolute atomic E-state index is 0.0153. The van der Waals surface area contributed by atoms with Gasteiger partial charge in [0, 0.05) is 13.1 Å². The maximum Gasteiger partial charge on any atom is 0.322 e. The highest BCUT2D eigenvalue weighted by molar-refractivity contribution is 6.01. The van der Waals surface area contributed by atoms with Crippen molar-refractivity contribution in [3.05, 3.63) is 89.6 Å². The molecule has 2 aromatic carbocycles. The Balaban J connectivity index is 1.42. The summed E-state index contributed by atoms with van der Waals surface area (Å²) in [5.41, 5.74) is 3.37. The molecule has 164 valence electrons. The van der Waals surface area contributed by atoms with Gasteiger partial charge in [-0.3, -0.25) is 9.69 Å². The van der Waals surface area contributed by atoms with E-state index in [1.165, 1.54) is 12.8 Å². The normalized spacial score (nSPS) is 20.3. The summed E-state index contributed by atoms with van der Waals surface area (Å²) in [6.07, 6.45) is 4.04. The number of hydrogen-bond acceptors (Lipinski definition) is 3. The van der Waals surface area contributed by atoms with Gasteiger partial charge in [-0.2, -0.15) is 0 Å². The molecule has 0 spiro atoms. The molecular weight excluding hydrogens is 402 g/mol. The van der Waals surface area contributed by atoms with Crippen LogP contribution in [0.25, 0.3) is 0 Å². The van der Waals surface area contributed by atoms with Gasteiger partial charge in [0.15, 0.2) is 0 Å². The lowest BCUT2D eigenvalue weighted by atomic mass is 9.95. The number of ether oxygens (including phenoxy) is 1. The molecule has 32 heavy (non-hydrogen) atoms. The van der Waals surface area contributed by atoms with Gasteiger partial charge < -0.3 is 15.0 Å². The fraction of sp³-hybridized carbons (Fsp3) is 0.308. The maximum atomic E-state index is 13.4. The van der Waals surface area contributed by atoms with Crippen LogP contribution in [0.3, 0.4) is 0 Å². The highest BCUT2D eigenvalue weighted by Crippen LogP contribution is 2.39. The summed E-state index contributed by atoms with van der Waals surface area (Å²) in [6, 6.07) is 16.9. The van der Waals surface area contributed by atoms with Crippen LogP contribution >= 0.6 is 0 Å². The molecule has 2 aromatic rings. The predicted molar refractivity (Wildman–Crippen MR) is 122 cm³/mol. The summed E-state index contributed by atoms with van der Waals surface area (Å²) >= 11 is 0. The van der Waals surface area contributed by atoms with Gasteiger partial charge in [0.1, 0.15) is 12.4 Å². The van der Waals surface area contributed by atoms with Crippen molar-refractivity contribution in [2.24, 2.45) is 5.92 Å². The topological polar surface area (TPSA) is 61.9 Å². The van der Waals surface area contributed by atoms with Crippen LogP contribution in [0.1, 0.15) is 30.0 Å². The lowest BCUT2D eigenvalue weighted by Crippen LogP contribution is -2.47. The Kier molecular flexibility index (Phi) is 5.43. The van der Waals surface area contributed by atoms with Crippen LogP contribution in [0.4, 0.5) is 4.79 Å². The predicted octanol–water partition coefficient (Wildman–Crippen LogP) is 4.02. The summed E-state index contributed by atoms with van der Waals surface area (Å²) in [6.45, 7) is 5.84. The molecule has 0 bridgehead atoms. The molecule has 1 N–H and O–H groups in total. The van der Waals surface area contributed by atoms with Crippen molar-refractivity contribution in [3.8, 4) is 5.75 Å². The van der Waals surface area contributed by atoms with Gasteiger partial charge in [-0.15, -0.1) is 6.58 Å². The van der Waals surface area contributed by atoms with E-state index in [0.29, 0.717) is 36.9 Å². The van der Waals surface area contributed by atoms with Crippen molar-refractivity contribution < 1.29 is 14.3 Å². The van der Waals surface area contributed by atoms with Crippen molar-refractivity contribution in [2.45, 2.75) is 25.5 Å². The highest BCUT2D eigenvalue weighted by Gasteiger charge is 2.44. The molecule has 6 heteroatoms. The Bertz CT molecular complexity index is 1070. The third-order valence-electron chi connectivity index (χ3n) is 6.22. The van der Waals surface area contributed by atoms with E-state index < -0.39 is 6.04 Å². The Labute approximate surface area is 188 Å². The number of carbonyl (C=O) groups excluding carboxylic acids is 2. The largest absolute Gasteiger partial charge is 0.489 e. The van der Waals surface area contributed by atoms with Gasteiger partial charge in [-0.25, -0.2) is 4.79 Å². The Morgan fingerprint density at radius 2 is 1.91 bits per heavy atom. The monoisotopic (exact) mass is 429 g/mol. The number of amides is 3. The molecule has 6 nitrogen and oxygen atoms in total. The SMILES string of the molecule is C=CCN1C(=O)N[C@H](c2cccc(OCc3ccccc3)c2)C2=C1CN(CC1CC1)C2=O. The van der Waals surface area contributed by atoms with Crippen LogP contribution in [-0.2, 0) is 11.4 Å². The summed E-state index contributed by atoms with van der Waals surface area (Å²) in [4.78, 5) is 29.8. The van der Waals surface area contributed by atoms with Gasteiger partial charge in [-0.1, -0.05) is 48.5 Å². The van der Waals surface area contributed by atoms with Crippen molar-refractivity contribution in [2.75, 3.05) is 19.6 Å². The first-order valence-corrected chi connectivity index (χ1v) is 11.1. The molecule has 2 heterocycles. The lowest BCUT2D eigenvalue weighted by Gasteiger charge is -2.33. The number of nitrogens with one attached hydrogen (secondary N) is 1. The van der Waals surface area contributed by atoms with Gasteiger partial charge in [0.05, 0.1) is 23.9 Å². The summed E-state index contributed by atoms with van der Waals surface area (Å²) in [5, 5.41) is 3.04. The van der Waals surface area contributed by atoms with E-state index in [-0.39, 0.29) is 11.9 Å². The molecule has 1 saturated carbocycles. The van der Waals surface area contributed by atoms with Gasteiger partial charge >= 0.3 is 6.03 Å². The Morgan fingerprint density at radius 3 is 2.66 bits per heavy atom. The second-order valence-corrected chi connectivity index (χ2v) is 8.62. The van der Waals surface area contributed by atoms with Crippen molar-refractivity contribution in [1.29, 1.82) is 0 Å². The van der Waals surface area contributed by atoms with Crippen LogP contribution in [0, 0.1) is 5.92 Å². The van der Waals surface area contributed by atoms with Crippen molar-refractivity contribution in [1.82, 2.24) is 15.1 Å². The van der Waals surface area contributed by atoms with E-state index in [4.69, 9.17) is 4.74 Å². The molecule has 3 aliphatic rings. The Hall–Kier alpha value is -3.54. The average molecular weight is 430 g/mol. The molecule has 0 aromatic heterocycles. The molecule has 0 radical (unpaired) electrons.